The topological polar surface area (TPSA) is 122 Å². The van der Waals surface area contributed by atoms with Crippen molar-refractivity contribution in [2.75, 3.05) is 0 Å². The SMILES string of the molecule is O=S1(=O)[N-]/C(=C\c2nccc3ccccc23)c2ccccc21.O=S1(=O)[N-]C(=Cc2nccc3ccccc23)c2ccccc21.[Zn+2]. The van der Waals surface area contributed by atoms with Gasteiger partial charge in [-0.05, 0) is 58.3 Å². The van der Waals surface area contributed by atoms with Crippen LogP contribution in [0.2, 0.25) is 0 Å². The summed E-state index contributed by atoms with van der Waals surface area (Å²) in [4.78, 5) is 9.22. The fourth-order valence-electron chi connectivity index (χ4n) is 5.25. The van der Waals surface area contributed by atoms with E-state index in [1.807, 2.05) is 60.7 Å². The number of sulfonamides is 2. The molecule has 0 bridgehead atoms. The van der Waals surface area contributed by atoms with E-state index in [0.717, 1.165) is 21.5 Å². The largest absolute Gasteiger partial charge is 2.00 e. The van der Waals surface area contributed by atoms with Crippen LogP contribution >= 0.6 is 0 Å². The Morgan fingerprint density at radius 3 is 1.31 bits per heavy atom. The molecule has 216 valence electrons. The Bertz CT molecular complexity index is 2210. The van der Waals surface area contributed by atoms with Gasteiger partial charge in [-0.2, -0.15) is 0 Å². The quantitative estimate of drug-likeness (QED) is 0.174. The van der Waals surface area contributed by atoms with Gasteiger partial charge in [-0.3, -0.25) is 9.97 Å². The summed E-state index contributed by atoms with van der Waals surface area (Å²) in [5, 5.41) is 4.04. The molecule has 0 saturated heterocycles. The molecule has 0 unspecified atom stereocenters. The van der Waals surface area contributed by atoms with Crippen LogP contribution in [0.15, 0.2) is 131 Å². The second-order valence-electron chi connectivity index (χ2n) is 10.0. The Balaban J connectivity index is 0.000000155. The van der Waals surface area contributed by atoms with Crippen molar-refractivity contribution in [1.82, 2.24) is 9.97 Å². The zero-order valence-electron chi connectivity index (χ0n) is 23.6. The fraction of sp³-hybridized carbons (Fsp3) is 0. The average Bonchev–Trinajstić information content (AvgIpc) is 3.45. The predicted molar refractivity (Wildman–Crippen MR) is 173 cm³/mol. The van der Waals surface area contributed by atoms with Gasteiger partial charge >= 0.3 is 19.5 Å². The van der Waals surface area contributed by atoms with Crippen molar-refractivity contribution in [3.05, 3.63) is 154 Å². The smallest absolute Gasteiger partial charge is 0.572 e. The van der Waals surface area contributed by atoms with E-state index in [-0.39, 0.29) is 29.3 Å². The number of rotatable bonds is 2. The maximum absolute atomic E-state index is 12.1. The minimum atomic E-state index is -3.60. The van der Waals surface area contributed by atoms with Crippen molar-refractivity contribution in [3.63, 3.8) is 0 Å². The van der Waals surface area contributed by atoms with Crippen molar-refractivity contribution in [1.29, 1.82) is 0 Å². The molecule has 4 aromatic carbocycles. The summed E-state index contributed by atoms with van der Waals surface area (Å²) in [5.41, 5.74) is 3.53. The summed E-state index contributed by atoms with van der Waals surface area (Å²) in [5.74, 6) is 0. The molecule has 45 heavy (non-hydrogen) atoms. The monoisotopic (exact) mass is 678 g/mol. The Labute approximate surface area is 273 Å². The Kier molecular flexibility index (Phi) is 8.09. The number of fused-ring (bicyclic) bond motifs is 4. The molecule has 8 nitrogen and oxygen atoms in total. The van der Waals surface area contributed by atoms with Gasteiger partial charge in [-0.25, -0.2) is 16.8 Å². The van der Waals surface area contributed by atoms with Crippen LogP contribution in [0.3, 0.4) is 0 Å². The third-order valence-corrected chi connectivity index (χ3v) is 9.97. The van der Waals surface area contributed by atoms with Crippen LogP contribution in [-0.4, -0.2) is 26.8 Å². The molecule has 4 heterocycles. The molecule has 2 aliphatic heterocycles. The summed E-state index contributed by atoms with van der Waals surface area (Å²) >= 11 is 0. The predicted octanol–water partition coefficient (Wildman–Crippen LogP) is 7.62. The molecular formula is C34H22N4O4S2Zn. The molecule has 0 radical (unpaired) electrons. The van der Waals surface area contributed by atoms with E-state index in [1.54, 1.807) is 73.1 Å². The van der Waals surface area contributed by atoms with Crippen LogP contribution in [-0.2, 0) is 39.5 Å². The van der Waals surface area contributed by atoms with E-state index in [0.29, 0.717) is 33.9 Å². The minimum absolute atomic E-state index is 0. The molecule has 2 aliphatic rings. The summed E-state index contributed by atoms with van der Waals surface area (Å²) in [7, 11) is -7.20. The summed E-state index contributed by atoms with van der Waals surface area (Å²) in [6.07, 6.45) is 6.88. The fourth-order valence-corrected chi connectivity index (χ4v) is 7.66. The second kappa shape index (κ2) is 12.0. The van der Waals surface area contributed by atoms with Crippen molar-refractivity contribution < 1.29 is 36.3 Å². The first-order valence-corrected chi connectivity index (χ1v) is 16.4. The minimum Gasteiger partial charge on any atom is -0.572 e. The van der Waals surface area contributed by atoms with Crippen LogP contribution in [0.5, 0.6) is 0 Å². The van der Waals surface area contributed by atoms with E-state index in [2.05, 4.69) is 19.4 Å². The maximum Gasteiger partial charge on any atom is 2.00 e. The standard InChI is InChI=1S/2C17H11N2O2S.Zn/c2*20-22(21)17-8-4-3-7-14(17)16(19-22)11-15-13-6-2-1-5-12(13)9-10-18-15;/h2*1-11H;/q2*-1;+2/b16-11-;;. The van der Waals surface area contributed by atoms with E-state index < -0.39 is 20.0 Å². The molecular weight excluding hydrogens is 658 g/mol. The molecule has 8 rings (SSSR count). The summed E-state index contributed by atoms with van der Waals surface area (Å²) < 4.78 is 56.1. The maximum atomic E-state index is 12.1. The van der Waals surface area contributed by atoms with Gasteiger partial charge in [-0.1, -0.05) is 84.9 Å². The summed E-state index contributed by atoms with van der Waals surface area (Å²) in [6, 6.07) is 33.2. The van der Waals surface area contributed by atoms with E-state index in [4.69, 9.17) is 0 Å². The van der Waals surface area contributed by atoms with Crippen LogP contribution < -0.4 is 0 Å². The molecule has 0 spiro atoms. The van der Waals surface area contributed by atoms with Gasteiger partial charge in [0.1, 0.15) is 20.0 Å². The van der Waals surface area contributed by atoms with Crippen LogP contribution in [0.25, 0.3) is 54.5 Å². The second-order valence-corrected chi connectivity index (χ2v) is 13.2. The van der Waals surface area contributed by atoms with Crippen LogP contribution in [0.4, 0.5) is 0 Å². The van der Waals surface area contributed by atoms with Gasteiger partial charge in [0.05, 0.1) is 21.2 Å². The first-order valence-electron chi connectivity index (χ1n) is 13.6. The number of pyridine rings is 2. The van der Waals surface area contributed by atoms with E-state index in [1.165, 1.54) is 0 Å². The zero-order valence-corrected chi connectivity index (χ0v) is 28.2. The molecule has 0 saturated carbocycles. The third-order valence-electron chi connectivity index (χ3n) is 7.27. The molecule has 0 fully saturated rings. The van der Waals surface area contributed by atoms with Gasteiger partial charge < -0.3 is 9.44 Å². The number of benzene rings is 4. The van der Waals surface area contributed by atoms with Crippen LogP contribution in [0, 0.1) is 0 Å². The average molecular weight is 680 g/mol. The van der Waals surface area contributed by atoms with Gasteiger partial charge in [-0.15, -0.1) is 11.4 Å². The molecule has 0 aliphatic carbocycles. The molecule has 0 amide bonds. The van der Waals surface area contributed by atoms with Crippen molar-refractivity contribution in [3.8, 4) is 0 Å². The van der Waals surface area contributed by atoms with Crippen molar-refractivity contribution in [2.45, 2.75) is 9.79 Å². The number of hydrogen-bond donors (Lipinski definition) is 0. The van der Waals surface area contributed by atoms with Crippen LogP contribution in [0.1, 0.15) is 22.5 Å². The number of hydrogen-bond acceptors (Lipinski definition) is 6. The van der Waals surface area contributed by atoms with Gasteiger partial charge in [0.25, 0.3) is 0 Å². The Morgan fingerprint density at radius 2 is 0.867 bits per heavy atom. The Hall–Kier alpha value is -4.70. The molecule has 6 aromatic rings. The van der Waals surface area contributed by atoms with Crippen molar-refractivity contribution in [2.24, 2.45) is 0 Å². The normalized spacial score (nSPS) is 17.0. The zero-order chi connectivity index (χ0) is 30.3. The van der Waals surface area contributed by atoms with Crippen molar-refractivity contribution >= 4 is 65.1 Å². The Morgan fingerprint density at radius 1 is 0.489 bits per heavy atom. The van der Waals surface area contributed by atoms with Gasteiger partial charge in [0, 0.05) is 23.2 Å². The van der Waals surface area contributed by atoms with Gasteiger partial charge in [0.2, 0.25) is 0 Å². The molecule has 0 atom stereocenters. The number of aromatic nitrogens is 2. The summed E-state index contributed by atoms with van der Waals surface area (Å²) in [6.45, 7) is 0. The first kappa shape index (κ1) is 30.3. The molecule has 2 aromatic heterocycles. The first-order chi connectivity index (χ1) is 21.3. The molecule has 0 N–H and O–H groups in total. The van der Waals surface area contributed by atoms with Gasteiger partial charge in [0.15, 0.2) is 0 Å². The van der Waals surface area contributed by atoms with E-state index in [9.17, 15) is 16.8 Å². The number of nitrogens with zero attached hydrogens (tertiary/aromatic N) is 4. The van der Waals surface area contributed by atoms with E-state index >= 15 is 0 Å². The third kappa shape index (κ3) is 5.78. The molecule has 11 heteroatoms.